The van der Waals surface area contributed by atoms with E-state index >= 15 is 4.39 Å². The predicted molar refractivity (Wildman–Crippen MR) is 161 cm³/mol. The molecule has 1 atom stereocenters. The van der Waals surface area contributed by atoms with Crippen LogP contribution in [0.1, 0.15) is 53.1 Å². The Labute approximate surface area is 243 Å². The second-order valence-corrected chi connectivity index (χ2v) is 11.2. The molecule has 214 valence electrons. The molecule has 0 bridgehead atoms. The number of alkyl halides is 1. The van der Waals surface area contributed by atoms with E-state index in [1.165, 1.54) is 4.90 Å². The highest BCUT2D eigenvalue weighted by molar-refractivity contribution is 5.94. The van der Waals surface area contributed by atoms with Crippen LogP contribution >= 0.6 is 0 Å². The van der Waals surface area contributed by atoms with Crippen molar-refractivity contribution in [2.75, 3.05) is 14.1 Å². The van der Waals surface area contributed by atoms with E-state index in [0.717, 1.165) is 44.5 Å². The van der Waals surface area contributed by atoms with Gasteiger partial charge in [-0.3, -0.25) is 14.2 Å². The van der Waals surface area contributed by atoms with Crippen LogP contribution in [0.25, 0.3) is 38.9 Å². The first-order valence-electron chi connectivity index (χ1n) is 13.9. The second-order valence-electron chi connectivity index (χ2n) is 11.2. The number of pyridine rings is 1. The molecule has 0 spiro atoms. The first-order valence-corrected chi connectivity index (χ1v) is 13.9. The van der Waals surface area contributed by atoms with Crippen molar-refractivity contribution in [1.82, 2.24) is 39.2 Å². The lowest BCUT2D eigenvalue weighted by atomic mass is 9.98. The lowest BCUT2D eigenvalue weighted by Gasteiger charge is -2.12. The van der Waals surface area contributed by atoms with Crippen molar-refractivity contribution in [2.45, 2.75) is 39.4 Å². The van der Waals surface area contributed by atoms with Crippen LogP contribution in [0.3, 0.4) is 0 Å². The number of aryl methyl sites for hydroxylation is 2. The first kappa shape index (κ1) is 27.3. The Morgan fingerprint density at radius 3 is 2.48 bits per heavy atom. The van der Waals surface area contributed by atoms with Gasteiger partial charge in [0.2, 0.25) is 0 Å². The fraction of sp³-hybridized carbons (Fsp3) is 0.281. The maximum Gasteiger partial charge on any atom is 0.253 e. The molecule has 10 heteroatoms. The minimum atomic E-state index is -1.28. The molecule has 42 heavy (non-hydrogen) atoms. The Hall–Kier alpha value is -4.86. The van der Waals surface area contributed by atoms with Crippen molar-refractivity contribution in [3.63, 3.8) is 0 Å². The topological polar surface area (TPSA) is 86.7 Å². The summed E-state index contributed by atoms with van der Waals surface area (Å²) in [5, 5.41) is 16.0. The van der Waals surface area contributed by atoms with Crippen LogP contribution in [0, 0.1) is 6.92 Å². The molecule has 6 aromatic rings. The summed E-state index contributed by atoms with van der Waals surface area (Å²) in [6, 6.07) is 14.6. The Balaban J connectivity index is 1.34. The molecular weight excluding hydrogens is 531 g/mol. The maximum absolute atomic E-state index is 15.4. The van der Waals surface area contributed by atoms with Gasteiger partial charge in [-0.1, -0.05) is 38.1 Å². The number of halogens is 1. The van der Waals surface area contributed by atoms with Crippen molar-refractivity contribution < 1.29 is 9.18 Å². The summed E-state index contributed by atoms with van der Waals surface area (Å²) in [6.07, 6.45) is 4.62. The number of carbonyl (C=O) groups excluding carboxylic acids is 1. The summed E-state index contributed by atoms with van der Waals surface area (Å²) < 4.78 is 20.7. The highest BCUT2D eigenvalue weighted by Crippen LogP contribution is 2.34. The summed E-state index contributed by atoms with van der Waals surface area (Å²) >= 11 is 0. The molecule has 1 amide bonds. The van der Waals surface area contributed by atoms with Crippen molar-refractivity contribution in [2.24, 2.45) is 7.05 Å². The second kappa shape index (κ2) is 10.5. The summed E-state index contributed by atoms with van der Waals surface area (Å²) in [6.45, 7) is 6.31. The van der Waals surface area contributed by atoms with Gasteiger partial charge in [-0.2, -0.15) is 15.3 Å². The molecule has 4 aromatic heterocycles. The zero-order valence-electron chi connectivity index (χ0n) is 24.6. The lowest BCUT2D eigenvalue weighted by molar-refractivity contribution is 0.0827. The number of hydrogen-bond donors (Lipinski definition) is 0. The number of aromatic nitrogens is 7. The maximum atomic E-state index is 15.4. The van der Waals surface area contributed by atoms with Crippen molar-refractivity contribution in [1.29, 1.82) is 0 Å². The third-order valence-corrected chi connectivity index (χ3v) is 7.51. The van der Waals surface area contributed by atoms with E-state index in [-0.39, 0.29) is 18.4 Å². The predicted octanol–water partition coefficient (Wildman–Crippen LogP) is 6.02. The quantitative estimate of drug-likeness (QED) is 0.237. The van der Waals surface area contributed by atoms with Crippen molar-refractivity contribution in [3.8, 4) is 16.9 Å². The number of rotatable bonds is 7. The molecule has 0 N–H and O–H groups in total. The van der Waals surface area contributed by atoms with Crippen molar-refractivity contribution >= 4 is 27.8 Å². The summed E-state index contributed by atoms with van der Waals surface area (Å²) in [4.78, 5) is 18.4. The van der Waals surface area contributed by atoms with Gasteiger partial charge in [0.1, 0.15) is 6.17 Å². The van der Waals surface area contributed by atoms with Crippen LogP contribution in [0.15, 0.2) is 67.1 Å². The van der Waals surface area contributed by atoms with E-state index in [9.17, 15) is 4.79 Å². The smallest absolute Gasteiger partial charge is 0.253 e. The van der Waals surface area contributed by atoms with Gasteiger partial charge in [0, 0.05) is 67.2 Å². The number of amides is 1. The number of nitrogens with zero attached hydrogens (tertiary/aromatic N) is 8. The standard InChI is InChI=1S/C32H33FN8O/c1-19(2)25-17-41(29-14-23-15-39(6)37-31(23)34-20(29)3)36-30(25)24-8-7-9-28-26(24)16-40(35-28)18-27(33)21-10-12-22(13-11-21)32(42)38(4)5/h7-17,19,27H,18H2,1-6H3. The molecule has 0 aliphatic heterocycles. The molecule has 0 saturated carbocycles. The number of carbonyl (C=O) groups is 1. The zero-order chi connectivity index (χ0) is 29.7. The molecule has 2 aromatic carbocycles. The molecule has 6 rings (SSSR count). The minimum absolute atomic E-state index is 0.0521. The highest BCUT2D eigenvalue weighted by Gasteiger charge is 2.21. The van der Waals surface area contributed by atoms with Gasteiger partial charge >= 0.3 is 0 Å². The van der Waals surface area contributed by atoms with Gasteiger partial charge in [0.05, 0.1) is 29.1 Å². The Kier molecular flexibility index (Phi) is 6.84. The molecular formula is C32H33FN8O. The van der Waals surface area contributed by atoms with E-state index in [4.69, 9.17) is 10.1 Å². The SMILES string of the molecule is Cc1nc2nn(C)cc2cc1-n1cc(C(C)C)c(-c2cccc3nn(CC(F)c4ccc(C(=O)N(C)C)cc4)cc23)n1. The monoisotopic (exact) mass is 564 g/mol. The molecule has 0 fully saturated rings. The summed E-state index contributed by atoms with van der Waals surface area (Å²) in [5.74, 6) is 0.0991. The van der Waals surface area contributed by atoms with Crippen LogP contribution in [0.5, 0.6) is 0 Å². The zero-order valence-corrected chi connectivity index (χ0v) is 24.6. The molecule has 0 saturated heterocycles. The molecule has 0 radical (unpaired) electrons. The average Bonchev–Trinajstić information content (AvgIpc) is 3.67. The van der Waals surface area contributed by atoms with E-state index in [1.807, 2.05) is 49.2 Å². The van der Waals surface area contributed by atoms with Gasteiger partial charge in [0.15, 0.2) is 5.65 Å². The van der Waals surface area contributed by atoms with Crippen molar-refractivity contribution in [3.05, 3.63) is 89.5 Å². The van der Waals surface area contributed by atoms with E-state index < -0.39 is 6.17 Å². The van der Waals surface area contributed by atoms with Gasteiger partial charge in [-0.25, -0.2) is 14.1 Å². The van der Waals surface area contributed by atoms with Crippen LogP contribution in [0.2, 0.25) is 0 Å². The van der Waals surface area contributed by atoms with Gasteiger partial charge < -0.3 is 4.90 Å². The first-order chi connectivity index (χ1) is 20.1. The Morgan fingerprint density at radius 2 is 1.76 bits per heavy atom. The van der Waals surface area contributed by atoms with E-state index in [0.29, 0.717) is 16.8 Å². The molecule has 4 heterocycles. The van der Waals surface area contributed by atoms with Crippen LogP contribution in [-0.4, -0.2) is 59.2 Å². The fourth-order valence-electron chi connectivity index (χ4n) is 5.28. The average molecular weight is 565 g/mol. The number of fused-ring (bicyclic) bond motifs is 2. The number of hydrogen-bond acceptors (Lipinski definition) is 5. The Bertz CT molecular complexity index is 1930. The largest absolute Gasteiger partial charge is 0.345 e. The Morgan fingerprint density at radius 1 is 1.00 bits per heavy atom. The molecule has 0 aliphatic carbocycles. The molecule has 0 aliphatic rings. The molecule has 9 nitrogen and oxygen atoms in total. The van der Waals surface area contributed by atoms with Crippen LogP contribution in [0.4, 0.5) is 4.39 Å². The lowest BCUT2D eigenvalue weighted by Crippen LogP contribution is -2.21. The normalized spacial score (nSPS) is 12.5. The van der Waals surface area contributed by atoms with Crippen LogP contribution in [-0.2, 0) is 13.6 Å². The molecule has 1 unspecified atom stereocenters. The summed E-state index contributed by atoms with van der Waals surface area (Å²) in [5.41, 5.74) is 7.13. The third kappa shape index (κ3) is 4.93. The van der Waals surface area contributed by atoms with Crippen LogP contribution < -0.4 is 0 Å². The van der Waals surface area contributed by atoms with E-state index in [1.54, 1.807) is 47.7 Å². The van der Waals surface area contributed by atoms with Gasteiger partial charge in [-0.15, -0.1) is 0 Å². The van der Waals surface area contributed by atoms with Gasteiger partial charge in [-0.05, 0) is 42.7 Å². The third-order valence-electron chi connectivity index (χ3n) is 7.51. The summed E-state index contributed by atoms with van der Waals surface area (Å²) in [7, 11) is 5.27. The minimum Gasteiger partial charge on any atom is -0.345 e. The van der Waals surface area contributed by atoms with E-state index in [2.05, 4.69) is 36.3 Å². The highest BCUT2D eigenvalue weighted by atomic mass is 19.1. The number of benzene rings is 2. The fourth-order valence-corrected chi connectivity index (χ4v) is 5.28. The van der Waals surface area contributed by atoms with Gasteiger partial charge in [0.25, 0.3) is 5.91 Å².